The third-order valence-electron chi connectivity index (χ3n) is 7.45. The topological polar surface area (TPSA) is 64.0 Å². The highest BCUT2D eigenvalue weighted by Gasteiger charge is 2.79. The summed E-state index contributed by atoms with van der Waals surface area (Å²) in [5, 5.41) is 0. The third-order valence-corrected chi connectivity index (χ3v) is 7.45. The van der Waals surface area contributed by atoms with Gasteiger partial charge < -0.3 is 9.64 Å². The number of aryl methyl sites for hydroxylation is 2. The number of halogens is 3. The smallest absolute Gasteiger partial charge is 0.370 e. The van der Waals surface area contributed by atoms with Gasteiger partial charge in [-0.3, -0.25) is 9.97 Å². The number of anilines is 1. The van der Waals surface area contributed by atoms with Gasteiger partial charge in [-0.2, -0.15) is 13.2 Å². The van der Waals surface area contributed by atoms with E-state index < -0.39 is 17.0 Å². The number of fused-ring (bicyclic) bond motifs is 1. The fourth-order valence-electron chi connectivity index (χ4n) is 5.80. The zero-order chi connectivity index (χ0) is 23.0. The molecule has 0 aromatic carbocycles. The lowest BCUT2D eigenvalue weighted by molar-refractivity contribution is -0.337. The molecule has 1 atom stereocenters. The highest BCUT2D eigenvalue weighted by atomic mass is 19.4. The Hall–Kier alpha value is -2.81. The Labute approximate surface area is 189 Å². The summed E-state index contributed by atoms with van der Waals surface area (Å²) in [6, 6.07) is 5.87. The van der Waals surface area contributed by atoms with Crippen LogP contribution in [0.4, 0.5) is 19.0 Å². The minimum absolute atomic E-state index is 0.0899. The van der Waals surface area contributed by atoms with Gasteiger partial charge in [0.25, 0.3) is 0 Å². The summed E-state index contributed by atoms with van der Waals surface area (Å²) < 4.78 is 46.5. The van der Waals surface area contributed by atoms with E-state index in [1.165, 1.54) is 0 Å². The van der Waals surface area contributed by atoms with E-state index in [1.807, 2.05) is 32.0 Å². The van der Waals surface area contributed by atoms with Gasteiger partial charge in [-0.1, -0.05) is 0 Å². The molecule has 3 saturated carbocycles. The summed E-state index contributed by atoms with van der Waals surface area (Å²) in [6.45, 7) is 5.59. The minimum Gasteiger partial charge on any atom is -0.370 e. The molecule has 6 nitrogen and oxygen atoms in total. The van der Waals surface area contributed by atoms with Gasteiger partial charge in [0.2, 0.25) is 0 Å². The van der Waals surface area contributed by atoms with Crippen molar-refractivity contribution in [3.63, 3.8) is 0 Å². The average molecular weight is 455 g/mol. The van der Waals surface area contributed by atoms with E-state index in [2.05, 4.69) is 19.9 Å². The average Bonchev–Trinajstić information content (AvgIpc) is 2.70. The number of aromatic nitrogens is 4. The van der Waals surface area contributed by atoms with Crippen molar-refractivity contribution < 1.29 is 17.9 Å². The van der Waals surface area contributed by atoms with Gasteiger partial charge in [-0.15, -0.1) is 0 Å². The van der Waals surface area contributed by atoms with Crippen LogP contribution < -0.4 is 4.90 Å². The summed E-state index contributed by atoms with van der Waals surface area (Å²) in [5.74, 6) is 0.724. The molecule has 33 heavy (non-hydrogen) atoms. The molecule has 0 amide bonds. The monoisotopic (exact) mass is 455 g/mol. The quantitative estimate of drug-likeness (QED) is 0.575. The molecule has 9 heteroatoms. The van der Waals surface area contributed by atoms with Gasteiger partial charge in [-0.25, -0.2) is 9.97 Å². The van der Waals surface area contributed by atoms with Crippen molar-refractivity contribution in [2.75, 3.05) is 24.6 Å². The second kappa shape index (κ2) is 6.85. The van der Waals surface area contributed by atoms with E-state index in [9.17, 15) is 13.2 Å². The Kier molecular flexibility index (Phi) is 4.31. The maximum Gasteiger partial charge on any atom is 0.394 e. The van der Waals surface area contributed by atoms with Crippen LogP contribution >= 0.6 is 0 Å². The van der Waals surface area contributed by atoms with Gasteiger partial charge >= 0.3 is 6.18 Å². The first-order valence-electron chi connectivity index (χ1n) is 11.2. The largest absolute Gasteiger partial charge is 0.394 e. The molecule has 2 bridgehead atoms. The van der Waals surface area contributed by atoms with Gasteiger partial charge in [0.1, 0.15) is 17.4 Å². The number of rotatable bonds is 3. The van der Waals surface area contributed by atoms with Crippen molar-refractivity contribution in [1.82, 2.24) is 19.9 Å². The zero-order valence-electron chi connectivity index (χ0n) is 18.5. The first-order chi connectivity index (χ1) is 15.7. The van der Waals surface area contributed by atoms with Crippen molar-refractivity contribution >= 4 is 16.9 Å². The van der Waals surface area contributed by atoms with Crippen LogP contribution in [0.2, 0.25) is 0 Å². The number of ether oxygens (including phenoxy) is 1. The Balaban J connectivity index is 1.37. The van der Waals surface area contributed by atoms with Gasteiger partial charge in [0.05, 0.1) is 28.9 Å². The van der Waals surface area contributed by atoms with Crippen LogP contribution in [-0.4, -0.2) is 45.8 Å². The molecular formula is C24H24F3N5O. The van der Waals surface area contributed by atoms with Crippen LogP contribution in [0.1, 0.15) is 48.0 Å². The second-order valence-corrected chi connectivity index (χ2v) is 9.83. The summed E-state index contributed by atoms with van der Waals surface area (Å²) >= 11 is 0. The number of pyridine rings is 2. The highest BCUT2D eigenvalue weighted by molar-refractivity contribution is 5.81. The number of nitrogens with zero attached hydrogens (tertiary/aromatic N) is 5. The molecule has 1 saturated heterocycles. The molecule has 172 valence electrons. The van der Waals surface area contributed by atoms with E-state index in [1.54, 1.807) is 12.4 Å². The van der Waals surface area contributed by atoms with Crippen molar-refractivity contribution in [3.8, 4) is 0 Å². The molecule has 0 unspecified atom stereocenters. The maximum atomic E-state index is 13.5. The zero-order valence-corrected chi connectivity index (χ0v) is 18.5. The van der Waals surface area contributed by atoms with Crippen molar-refractivity contribution in [1.29, 1.82) is 0 Å². The summed E-state index contributed by atoms with van der Waals surface area (Å²) in [6.07, 6.45) is -0.587. The van der Waals surface area contributed by atoms with E-state index in [0.29, 0.717) is 36.4 Å². The summed E-state index contributed by atoms with van der Waals surface area (Å²) in [5.41, 5.74) is 2.61. The lowest BCUT2D eigenvalue weighted by atomic mass is 9.34. The van der Waals surface area contributed by atoms with Crippen LogP contribution in [0.5, 0.6) is 0 Å². The number of hydrogen-bond donors (Lipinski definition) is 0. The predicted octanol–water partition coefficient (Wildman–Crippen LogP) is 4.60. The molecule has 3 aromatic rings. The molecule has 4 aliphatic rings. The molecular weight excluding hydrogens is 431 g/mol. The predicted molar refractivity (Wildman–Crippen MR) is 116 cm³/mol. The number of morpholine rings is 1. The SMILES string of the molecule is Cc1cc([C@H]2CN(c3cc4nc(C)cnc4c(C45CC(C(F)(F)F)(C4)C5)n3)CCO2)ccn1. The Morgan fingerprint density at radius 3 is 2.58 bits per heavy atom. The maximum absolute atomic E-state index is 13.5. The lowest BCUT2D eigenvalue weighted by Gasteiger charge is -2.70. The minimum atomic E-state index is -4.16. The molecule has 7 rings (SSSR count). The Morgan fingerprint density at radius 2 is 1.85 bits per heavy atom. The molecule has 0 spiro atoms. The standard InChI is InChI=1S/C24H24F3N5O/c1-14-7-16(3-4-28-14)18-10-32(5-6-33-18)19-8-17-20(29-9-15(2)30-17)21(31-19)22-11-23(12-22,13-22)24(25,26)27/h3-4,7-9,18H,5-6,10-13H2,1-2H3/t18-,22?,23?/m1/s1. The Bertz CT molecular complexity index is 1240. The van der Waals surface area contributed by atoms with Gasteiger partial charge in [-0.05, 0) is 50.8 Å². The lowest BCUT2D eigenvalue weighted by Crippen LogP contribution is -2.70. The molecule has 4 fully saturated rings. The van der Waals surface area contributed by atoms with Crippen LogP contribution in [-0.2, 0) is 10.2 Å². The molecule has 0 radical (unpaired) electrons. The van der Waals surface area contributed by atoms with Crippen molar-refractivity contribution in [3.05, 3.63) is 53.2 Å². The van der Waals surface area contributed by atoms with Crippen molar-refractivity contribution in [2.24, 2.45) is 5.41 Å². The van der Waals surface area contributed by atoms with Crippen molar-refractivity contribution in [2.45, 2.75) is 50.8 Å². The fraction of sp³-hybridized carbons (Fsp3) is 0.500. The first kappa shape index (κ1) is 20.8. The number of hydrogen-bond acceptors (Lipinski definition) is 6. The highest BCUT2D eigenvalue weighted by Crippen LogP contribution is 2.78. The van der Waals surface area contributed by atoms with Crippen LogP contribution in [0.25, 0.3) is 11.0 Å². The third kappa shape index (κ3) is 3.12. The van der Waals surface area contributed by atoms with Gasteiger partial charge in [0, 0.05) is 42.7 Å². The van der Waals surface area contributed by atoms with E-state index in [0.717, 1.165) is 22.8 Å². The molecule has 3 aliphatic carbocycles. The normalized spacial score (nSPS) is 29.0. The van der Waals surface area contributed by atoms with Crippen LogP contribution in [0.3, 0.4) is 0 Å². The fourth-order valence-corrected chi connectivity index (χ4v) is 5.80. The van der Waals surface area contributed by atoms with Crippen LogP contribution in [0.15, 0.2) is 30.6 Å². The summed E-state index contributed by atoms with van der Waals surface area (Å²) in [4.78, 5) is 20.5. The Morgan fingerprint density at radius 1 is 1.06 bits per heavy atom. The second-order valence-electron chi connectivity index (χ2n) is 9.83. The van der Waals surface area contributed by atoms with Gasteiger partial charge in [0.15, 0.2) is 0 Å². The molecule has 1 aliphatic heterocycles. The molecule has 0 N–H and O–H groups in total. The van der Waals surface area contributed by atoms with E-state index in [4.69, 9.17) is 9.72 Å². The summed E-state index contributed by atoms with van der Waals surface area (Å²) in [7, 11) is 0. The molecule has 3 aromatic heterocycles. The van der Waals surface area contributed by atoms with E-state index >= 15 is 0 Å². The number of alkyl halides is 3. The molecule has 4 heterocycles. The first-order valence-corrected chi connectivity index (χ1v) is 11.2. The van der Waals surface area contributed by atoms with E-state index in [-0.39, 0.29) is 25.4 Å². The van der Waals surface area contributed by atoms with Crippen LogP contribution in [0, 0.1) is 19.3 Å².